The lowest BCUT2D eigenvalue weighted by Gasteiger charge is -2.33. The Balaban J connectivity index is 1.79. The van der Waals surface area contributed by atoms with Crippen LogP contribution >= 0.6 is 0 Å². The van der Waals surface area contributed by atoms with Crippen LogP contribution in [-0.4, -0.2) is 49.2 Å². The smallest absolute Gasteiger partial charge is 0.240 e. The first-order valence-electron chi connectivity index (χ1n) is 7.90. The maximum atomic E-state index is 12.4. The summed E-state index contributed by atoms with van der Waals surface area (Å²) in [5.74, 6) is -0.0589. The van der Waals surface area contributed by atoms with Gasteiger partial charge in [-0.2, -0.15) is 0 Å². The molecular formula is C17H27N3O2. The van der Waals surface area contributed by atoms with Crippen LogP contribution in [0.4, 0.5) is 0 Å². The first-order valence-corrected chi connectivity index (χ1v) is 7.90. The largest absolute Gasteiger partial charge is 0.381 e. The summed E-state index contributed by atoms with van der Waals surface area (Å²) in [4.78, 5) is 14.6. The third-order valence-corrected chi connectivity index (χ3v) is 4.10. The summed E-state index contributed by atoms with van der Waals surface area (Å²) in [6, 6.07) is 10.4. The highest BCUT2D eigenvalue weighted by Gasteiger charge is 2.36. The Bertz CT molecular complexity index is 472. The summed E-state index contributed by atoms with van der Waals surface area (Å²) < 4.78 is 5.28. The maximum absolute atomic E-state index is 12.4. The van der Waals surface area contributed by atoms with E-state index in [0.717, 1.165) is 13.1 Å². The zero-order valence-corrected chi connectivity index (χ0v) is 13.5. The van der Waals surface area contributed by atoms with Crippen molar-refractivity contribution in [1.82, 2.24) is 10.2 Å². The quantitative estimate of drug-likeness (QED) is 0.827. The number of likely N-dealkylation sites (N-methyl/N-ethyl adjacent to an activating group) is 1. The number of nitrogens with two attached hydrogens (primary N) is 1. The molecule has 1 amide bonds. The SMILES string of the molecule is CC(CN(C)Cc1ccccc1)NC(=O)C1(N)CCOCC1. The van der Waals surface area contributed by atoms with Gasteiger partial charge in [-0.15, -0.1) is 0 Å². The molecular weight excluding hydrogens is 278 g/mol. The highest BCUT2D eigenvalue weighted by atomic mass is 16.5. The van der Waals surface area contributed by atoms with E-state index in [0.29, 0.717) is 26.1 Å². The summed E-state index contributed by atoms with van der Waals surface area (Å²) in [5, 5.41) is 3.05. The van der Waals surface area contributed by atoms with Gasteiger partial charge in [0.2, 0.25) is 5.91 Å². The molecule has 1 aromatic carbocycles. The highest BCUT2D eigenvalue weighted by Crippen LogP contribution is 2.18. The molecule has 3 N–H and O–H groups in total. The molecule has 1 fully saturated rings. The molecule has 122 valence electrons. The van der Waals surface area contributed by atoms with E-state index in [-0.39, 0.29) is 11.9 Å². The van der Waals surface area contributed by atoms with E-state index in [9.17, 15) is 4.79 Å². The van der Waals surface area contributed by atoms with Crippen molar-refractivity contribution in [2.24, 2.45) is 5.73 Å². The van der Waals surface area contributed by atoms with Crippen LogP contribution in [-0.2, 0) is 16.1 Å². The van der Waals surface area contributed by atoms with Crippen molar-refractivity contribution in [2.75, 3.05) is 26.8 Å². The molecule has 0 aromatic heterocycles. The van der Waals surface area contributed by atoms with Crippen LogP contribution in [0.2, 0.25) is 0 Å². The first-order chi connectivity index (χ1) is 10.5. The third kappa shape index (κ3) is 4.80. The molecule has 1 aliphatic heterocycles. The number of benzene rings is 1. The number of ether oxygens (including phenoxy) is 1. The average Bonchev–Trinajstić information content (AvgIpc) is 2.48. The zero-order chi connectivity index (χ0) is 16.0. The molecule has 1 unspecified atom stereocenters. The maximum Gasteiger partial charge on any atom is 0.240 e. The minimum absolute atomic E-state index is 0.0589. The van der Waals surface area contributed by atoms with Gasteiger partial charge in [0.25, 0.3) is 0 Å². The summed E-state index contributed by atoms with van der Waals surface area (Å²) in [5.41, 5.74) is 6.69. The Hall–Kier alpha value is -1.43. The van der Waals surface area contributed by atoms with Gasteiger partial charge < -0.3 is 20.7 Å². The van der Waals surface area contributed by atoms with E-state index in [1.165, 1.54) is 5.56 Å². The molecule has 22 heavy (non-hydrogen) atoms. The van der Waals surface area contributed by atoms with Crippen molar-refractivity contribution >= 4 is 5.91 Å². The van der Waals surface area contributed by atoms with E-state index < -0.39 is 5.54 Å². The topological polar surface area (TPSA) is 67.6 Å². The zero-order valence-electron chi connectivity index (χ0n) is 13.5. The standard InChI is InChI=1S/C17H27N3O2/c1-14(12-20(2)13-15-6-4-3-5-7-15)19-16(21)17(18)8-10-22-11-9-17/h3-7,14H,8-13,18H2,1-2H3,(H,19,21). The molecule has 0 aliphatic carbocycles. The van der Waals surface area contributed by atoms with E-state index >= 15 is 0 Å². The lowest BCUT2D eigenvalue weighted by Crippen LogP contribution is -2.59. The van der Waals surface area contributed by atoms with Gasteiger partial charge in [-0.1, -0.05) is 30.3 Å². The second-order valence-corrected chi connectivity index (χ2v) is 6.33. The summed E-state index contributed by atoms with van der Waals surface area (Å²) in [6.45, 7) is 4.79. The first kappa shape index (κ1) is 16.9. The van der Waals surface area contributed by atoms with E-state index in [2.05, 4.69) is 29.4 Å². The summed E-state index contributed by atoms with van der Waals surface area (Å²) >= 11 is 0. The van der Waals surface area contributed by atoms with Crippen molar-refractivity contribution in [2.45, 2.75) is 37.9 Å². The highest BCUT2D eigenvalue weighted by molar-refractivity contribution is 5.86. The Morgan fingerprint density at radius 2 is 2.00 bits per heavy atom. The number of nitrogens with zero attached hydrogens (tertiary/aromatic N) is 1. The predicted molar refractivity (Wildman–Crippen MR) is 87.4 cm³/mol. The van der Waals surface area contributed by atoms with Gasteiger partial charge in [0, 0.05) is 32.3 Å². The Kier molecular flexibility index (Phi) is 5.94. The van der Waals surface area contributed by atoms with Crippen LogP contribution in [0, 0.1) is 0 Å². The number of carbonyl (C=O) groups excluding carboxylic acids is 1. The van der Waals surface area contributed by atoms with Crippen molar-refractivity contribution < 1.29 is 9.53 Å². The Labute approximate surface area is 132 Å². The summed E-state index contributed by atoms with van der Waals surface area (Å²) in [7, 11) is 2.06. The van der Waals surface area contributed by atoms with Gasteiger partial charge in [-0.25, -0.2) is 0 Å². The number of nitrogens with one attached hydrogen (secondary N) is 1. The third-order valence-electron chi connectivity index (χ3n) is 4.10. The van der Waals surface area contributed by atoms with Crippen LogP contribution in [0.25, 0.3) is 0 Å². The number of amides is 1. The molecule has 0 radical (unpaired) electrons. The van der Waals surface area contributed by atoms with Crippen LogP contribution in [0.15, 0.2) is 30.3 Å². The second-order valence-electron chi connectivity index (χ2n) is 6.33. The van der Waals surface area contributed by atoms with Crippen molar-refractivity contribution in [3.05, 3.63) is 35.9 Å². The molecule has 1 saturated heterocycles. The van der Waals surface area contributed by atoms with Gasteiger partial charge in [-0.3, -0.25) is 4.79 Å². The van der Waals surface area contributed by atoms with Crippen molar-refractivity contribution in [3.63, 3.8) is 0 Å². The van der Waals surface area contributed by atoms with Crippen molar-refractivity contribution in [1.29, 1.82) is 0 Å². The molecule has 1 heterocycles. The van der Waals surface area contributed by atoms with Crippen LogP contribution in [0.3, 0.4) is 0 Å². The minimum Gasteiger partial charge on any atom is -0.381 e. The Morgan fingerprint density at radius 3 is 2.64 bits per heavy atom. The molecule has 0 bridgehead atoms. The lowest BCUT2D eigenvalue weighted by atomic mass is 9.90. The van der Waals surface area contributed by atoms with Crippen LogP contribution in [0.1, 0.15) is 25.3 Å². The molecule has 0 spiro atoms. The Morgan fingerprint density at radius 1 is 1.36 bits per heavy atom. The molecule has 0 saturated carbocycles. The van der Waals surface area contributed by atoms with Gasteiger partial charge in [0.1, 0.15) is 0 Å². The molecule has 1 aromatic rings. The lowest BCUT2D eigenvalue weighted by molar-refractivity contribution is -0.130. The normalized spacial score (nSPS) is 18.9. The molecule has 5 nitrogen and oxygen atoms in total. The van der Waals surface area contributed by atoms with Gasteiger partial charge >= 0.3 is 0 Å². The fourth-order valence-corrected chi connectivity index (χ4v) is 2.80. The van der Waals surface area contributed by atoms with Gasteiger partial charge in [0.05, 0.1) is 5.54 Å². The minimum atomic E-state index is -0.773. The average molecular weight is 305 g/mol. The molecule has 1 aliphatic rings. The second kappa shape index (κ2) is 7.72. The van der Waals surface area contributed by atoms with Crippen LogP contribution in [0.5, 0.6) is 0 Å². The van der Waals surface area contributed by atoms with E-state index in [1.807, 2.05) is 25.1 Å². The van der Waals surface area contributed by atoms with Crippen molar-refractivity contribution in [3.8, 4) is 0 Å². The van der Waals surface area contributed by atoms with E-state index in [1.54, 1.807) is 0 Å². The predicted octanol–water partition coefficient (Wildman–Crippen LogP) is 1.13. The molecule has 1 atom stereocenters. The number of carbonyl (C=O) groups is 1. The molecule has 5 heteroatoms. The summed E-state index contributed by atoms with van der Waals surface area (Å²) in [6.07, 6.45) is 1.18. The molecule has 2 rings (SSSR count). The number of rotatable bonds is 6. The fraction of sp³-hybridized carbons (Fsp3) is 0.588. The van der Waals surface area contributed by atoms with Crippen LogP contribution < -0.4 is 11.1 Å². The number of hydrogen-bond acceptors (Lipinski definition) is 4. The fourth-order valence-electron chi connectivity index (χ4n) is 2.80. The monoisotopic (exact) mass is 305 g/mol. The van der Waals surface area contributed by atoms with Gasteiger partial charge in [-0.05, 0) is 32.4 Å². The van der Waals surface area contributed by atoms with Gasteiger partial charge in [0.15, 0.2) is 0 Å². The number of hydrogen-bond donors (Lipinski definition) is 2. The van der Waals surface area contributed by atoms with E-state index in [4.69, 9.17) is 10.5 Å².